The van der Waals surface area contributed by atoms with Crippen molar-refractivity contribution in [3.05, 3.63) is 64.2 Å². The molecule has 130 valence electrons. The standard InChI is InChI=1S/C18H20N4O3/c1-14-5-4-6-15(13-14)19-18(23)21-11-9-20(10-12-21)16-7-2-3-8-17(16)22(24)25/h2-8,13H,9-12H2,1H3,(H,19,23). The number of nitro groups is 1. The summed E-state index contributed by atoms with van der Waals surface area (Å²) in [7, 11) is 0. The lowest BCUT2D eigenvalue weighted by Gasteiger charge is -2.35. The summed E-state index contributed by atoms with van der Waals surface area (Å²) in [4.78, 5) is 26.9. The van der Waals surface area contributed by atoms with Gasteiger partial charge in [0.25, 0.3) is 5.69 Å². The Hall–Kier alpha value is -3.09. The number of para-hydroxylation sites is 2. The first-order valence-electron chi connectivity index (χ1n) is 8.15. The molecule has 0 unspecified atom stereocenters. The first kappa shape index (κ1) is 16.8. The van der Waals surface area contributed by atoms with Gasteiger partial charge >= 0.3 is 6.03 Å². The second kappa shape index (κ2) is 7.21. The summed E-state index contributed by atoms with van der Waals surface area (Å²) in [5, 5.41) is 14.1. The van der Waals surface area contributed by atoms with Crippen molar-refractivity contribution in [3.8, 4) is 0 Å². The predicted octanol–water partition coefficient (Wildman–Crippen LogP) is 3.26. The summed E-state index contributed by atoms with van der Waals surface area (Å²) >= 11 is 0. The first-order chi connectivity index (χ1) is 12.0. The van der Waals surface area contributed by atoms with E-state index in [1.54, 1.807) is 23.1 Å². The molecule has 2 aromatic rings. The molecule has 1 saturated heterocycles. The topological polar surface area (TPSA) is 78.7 Å². The van der Waals surface area contributed by atoms with Crippen LogP contribution in [-0.2, 0) is 0 Å². The number of carbonyl (C=O) groups is 1. The Labute approximate surface area is 146 Å². The van der Waals surface area contributed by atoms with E-state index in [-0.39, 0.29) is 16.6 Å². The van der Waals surface area contributed by atoms with Crippen LogP contribution in [0.1, 0.15) is 5.56 Å². The van der Waals surface area contributed by atoms with E-state index in [1.165, 1.54) is 6.07 Å². The van der Waals surface area contributed by atoms with E-state index in [4.69, 9.17) is 0 Å². The van der Waals surface area contributed by atoms with E-state index in [2.05, 4.69) is 5.32 Å². The van der Waals surface area contributed by atoms with Crippen LogP contribution in [0, 0.1) is 17.0 Å². The molecule has 2 aromatic carbocycles. The number of nitrogens with one attached hydrogen (secondary N) is 1. The molecule has 0 radical (unpaired) electrons. The summed E-state index contributed by atoms with van der Waals surface area (Å²) in [5.41, 5.74) is 2.55. The number of piperazine rings is 1. The number of rotatable bonds is 3. The maximum atomic E-state index is 12.4. The van der Waals surface area contributed by atoms with Gasteiger partial charge in [0.05, 0.1) is 4.92 Å². The summed E-state index contributed by atoms with van der Waals surface area (Å²) in [6.07, 6.45) is 0. The zero-order valence-corrected chi connectivity index (χ0v) is 14.0. The molecular formula is C18H20N4O3. The number of nitro benzene ring substituents is 1. The highest BCUT2D eigenvalue weighted by atomic mass is 16.6. The third-order valence-electron chi connectivity index (χ3n) is 4.26. The van der Waals surface area contributed by atoms with Crippen LogP contribution in [0.15, 0.2) is 48.5 Å². The van der Waals surface area contributed by atoms with Crippen molar-refractivity contribution < 1.29 is 9.72 Å². The van der Waals surface area contributed by atoms with Gasteiger partial charge in [-0.15, -0.1) is 0 Å². The molecule has 7 heteroatoms. The van der Waals surface area contributed by atoms with Gasteiger partial charge in [0.15, 0.2) is 0 Å². The number of benzene rings is 2. The number of hydrogen-bond acceptors (Lipinski definition) is 4. The highest BCUT2D eigenvalue weighted by molar-refractivity contribution is 5.89. The number of anilines is 2. The van der Waals surface area contributed by atoms with Crippen molar-refractivity contribution in [2.45, 2.75) is 6.92 Å². The molecule has 1 heterocycles. The number of urea groups is 1. The number of amides is 2. The largest absolute Gasteiger partial charge is 0.362 e. The smallest absolute Gasteiger partial charge is 0.321 e. The lowest BCUT2D eigenvalue weighted by molar-refractivity contribution is -0.384. The Morgan fingerprint density at radius 3 is 2.48 bits per heavy atom. The SMILES string of the molecule is Cc1cccc(NC(=O)N2CCN(c3ccccc3[N+](=O)[O-])CC2)c1. The Morgan fingerprint density at radius 1 is 1.08 bits per heavy atom. The minimum atomic E-state index is -0.369. The van der Waals surface area contributed by atoms with E-state index < -0.39 is 0 Å². The van der Waals surface area contributed by atoms with E-state index in [0.717, 1.165) is 11.3 Å². The molecule has 7 nitrogen and oxygen atoms in total. The van der Waals surface area contributed by atoms with Crippen molar-refractivity contribution in [3.63, 3.8) is 0 Å². The number of nitrogens with zero attached hydrogens (tertiary/aromatic N) is 3. The normalized spacial score (nSPS) is 14.3. The maximum absolute atomic E-state index is 12.4. The molecule has 3 rings (SSSR count). The Balaban J connectivity index is 1.62. The highest BCUT2D eigenvalue weighted by Gasteiger charge is 2.25. The van der Waals surface area contributed by atoms with Crippen molar-refractivity contribution in [1.82, 2.24) is 4.90 Å². The average molecular weight is 340 g/mol. The van der Waals surface area contributed by atoms with Gasteiger partial charge in [0.1, 0.15) is 5.69 Å². The molecular weight excluding hydrogens is 320 g/mol. The third kappa shape index (κ3) is 3.88. The minimum absolute atomic E-state index is 0.0974. The van der Waals surface area contributed by atoms with Gasteiger partial charge in [0, 0.05) is 37.9 Å². The molecule has 0 atom stereocenters. The Bertz CT molecular complexity index is 785. The highest BCUT2D eigenvalue weighted by Crippen LogP contribution is 2.28. The minimum Gasteiger partial charge on any atom is -0.362 e. The monoisotopic (exact) mass is 340 g/mol. The van der Waals surface area contributed by atoms with Gasteiger partial charge in [-0.1, -0.05) is 24.3 Å². The molecule has 25 heavy (non-hydrogen) atoms. The van der Waals surface area contributed by atoms with Gasteiger partial charge in [-0.25, -0.2) is 4.79 Å². The fourth-order valence-corrected chi connectivity index (χ4v) is 2.96. The van der Waals surface area contributed by atoms with Crippen LogP contribution in [-0.4, -0.2) is 42.0 Å². The second-order valence-electron chi connectivity index (χ2n) is 6.02. The summed E-state index contributed by atoms with van der Waals surface area (Å²) in [6, 6.07) is 14.2. The van der Waals surface area contributed by atoms with Crippen molar-refractivity contribution in [2.75, 3.05) is 36.4 Å². The molecule has 1 aliphatic heterocycles. The fourth-order valence-electron chi connectivity index (χ4n) is 2.96. The summed E-state index contributed by atoms with van der Waals surface area (Å²) in [5.74, 6) is 0. The van der Waals surface area contributed by atoms with Gasteiger partial charge in [-0.05, 0) is 30.7 Å². The van der Waals surface area contributed by atoms with E-state index >= 15 is 0 Å². The van der Waals surface area contributed by atoms with Gasteiger partial charge in [0.2, 0.25) is 0 Å². The van der Waals surface area contributed by atoms with Crippen LogP contribution in [0.25, 0.3) is 0 Å². The molecule has 0 spiro atoms. The zero-order valence-electron chi connectivity index (χ0n) is 14.0. The van der Waals surface area contributed by atoms with Gasteiger partial charge < -0.3 is 15.1 Å². The predicted molar refractivity (Wildman–Crippen MR) is 97.1 cm³/mol. The molecule has 0 aliphatic carbocycles. The Kier molecular flexibility index (Phi) is 4.83. The first-order valence-corrected chi connectivity index (χ1v) is 8.15. The van der Waals surface area contributed by atoms with Crippen LogP contribution < -0.4 is 10.2 Å². The number of carbonyl (C=O) groups excluding carboxylic acids is 1. The Morgan fingerprint density at radius 2 is 1.80 bits per heavy atom. The van der Waals surface area contributed by atoms with E-state index in [0.29, 0.717) is 31.9 Å². The molecule has 1 fully saturated rings. The average Bonchev–Trinajstić information content (AvgIpc) is 2.62. The fraction of sp³-hybridized carbons (Fsp3) is 0.278. The van der Waals surface area contributed by atoms with Crippen LogP contribution in [0.2, 0.25) is 0 Å². The summed E-state index contributed by atoms with van der Waals surface area (Å²) < 4.78 is 0. The van der Waals surface area contributed by atoms with Crippen LogP contribution in [0.3, 0.4) is 0 Å². The van der Waals surface area contributed by atoms with Crippen molar-refractivity contribution in [2.24, 2.45) is 0 Å². The quantitative estimate of drug-likeness (QED) is 0.687. The van der Waals surface area contributed by atoms with Gasteiger partial charge in [-0.2, -0.15) is 0 Å². The van der Waals surface area contributed by atoms with E-state index in [1.807, 2.05) is 36.1 Å². The molecule has 1 aliphatic rings. The van der Waals surface area contributed by atoms with E-state index in [9.17, 15) is 14.9 Å². The third-order valence-corrected chi connectivity index (χ3v) is 4.26. The van der Waals surface area contributed by atoms with Crippen LogP contribution >= 0.6 is 0 Å². The summed E-state index contributed by atoms with van der Waals surface area (Å²) in [6.45, 7) is 4.13. The molecule has 0 aromatic heterocycles. The maximum Gasteiger partial charge on any atom is 0.321 e. The molecule has 1 N–H and O–H groups in total. The van der Waals surface area contributed by atoms with Crippen LogP contribution in [0.5, 0.6) is 0 Å². The van der Waals surface area contributed by atoms with Crippen molar-refractivity contribution in [1.29, 1.82) is 0 Å². The molecule has 0 saturated carbocycles. The molecule has 0 bridgehead atoms. The van der Waals surface area contributed by atoms with Crippen molar-refractivity contribution >= 4 is 23.1 Å². The number of hydrogen-bond donors (Lipinski definition) is 1. The number of aryl methyl sites for hydroxylation is 1. The lowest BCUT2D eigenvalue weighted by Crippen LogP contribution is -2.50. The second-order valence-corrected chi connectivity index (χ2v) is 6.02. The van der Waals surface area contributed by atoms with Crippen LogP contribution in [0.4, 0.5) is 21.9 Å². The zero-order chi connectivity index (χ0) is 17.8. The van der Waals surface area contributed by atoms with Gasteiger partial charge in [-0.3, -0.25) is 10.1 Å². The molecule has 2 amide bonds. The lowest BCUT2D eigenvalue weighted by atomic mass is 10.2.